The summed E-state index contributed by atoms with van der Waals surface area (Å²) in [6.45, 7) is 5.74. The lowest BCUT2D eigenvalue weighted by Gasteiger charge is -2.29. The van der Waals surface area contributed by atoms with Crippen LogP contribution in [-0.2, 0) is 27.3 Å². The van der Waals surface area contributed by atoms with Crippen molar-refractivity contribution in [3.05, 3.63) is 65.9 Å². The van der Waals surface area contributed by atoms with Gasteiger partial charge in [-0.3, -0.25) is 9.59 Å². The van der Waals surface area contributed by atoms with Gasteiger partial charge in [0.05, 0.1) is 13.7 Å². The molecule has 0 saturated carbocycles. The fraction of sp³-hybridized carbons (Fsp3) is 0.429. The first-order valence-electron chi connectivity index (χ1n) is 12.2. The number of methoxy groups -OCH3 is 2. The van der Waals surface area contributed by atoms with Crippen molar-refractivity contribution < 1.29 is 19.1 Å². The molecule has 1 heterocycles. The number of hydrogen-bond acceptors (Lipinski definition) is 4. The molecule has 0 radical (unpaired) electrons. The Kier molecular flexibility index (Phi) is 9.73. The number of nitrogens with zero attached hydrogens (tertiary/aromatic N) is 2. The van der Waals surface area contributed by atoms with E-state index < -0.39 is 0 Å². The molecule has 2 amide bonds. The van der Waals surface area contributed by atoms with Crippen LogP contribution in [0.3, 0.4) is 0 Å². The standard InChI is InChI=1S/C28H37N3O4/c1-21(2)28(33)31(15-9-17-34-3)20-27(32)30(19-23-10-5-8-13-26(23)35-4)16-14-22-18-29-25-12-7-6-11-24(22)25/h5-8,10-13,18,21,29H,9,14-17,19-20H2,1-4H3. The van der Waals surface area contributed by atoms with Crippen LogP contribution in [-0.4, -0.2) is 67.1 Å². The molecule has 0 bridgehead atoms. The fourth-order valence-corrected chi connectivity index (χ4v) is 4.22. The van der Waals surface area contributed by atoms with Gasteiger partial charge in [-0.2, -0.15) is 0 Å². The van der Waals surface area contributed by atoms with Crippen molar-refractivity contribution in [3.63, 3.8) is 0 Å². The van der Waals surface area contributed by atoms with Crippen molar-refractivity contribution >= 4 is 22.7 Å². The van der Waals surface area contributed by atoms with Gasteiger partial charge in [-0.05, 0) is 30.5 Å². The molecular formula is C28H37N3O4. The van der Waals surface area contributed by atoms with E-state index in [1.54, 1.807) is 19.1 Å². The van der Waals surface area contributed by atoms with Crippen molar-refractivity contribution in [2.75, 3.05) is 40.5 Å². The topological polar surface area (TPSA) is 74.9 Å². The summed E-state index contributed by atoms with van der Waals surface area (Å²) in [5.74, 6) is 0.456. The summed E-state index contributed by atoms with van der Waals surface area (Å²) in [5, 5.41) is 1.16. The summed E-state index contributed by atoms with van der Waals surface area (Å²) in [6, 6.07) is 15.9. The number of rotatable bonds is 13. The van der Waals surface area contributed by atoms with E-state index in [0.29, 0.717) is 39.1 Å². The molecule has 0 atom stereocenters. The van der Waals surface area contributed by atoms with E-state index in [1.807, 2.05) is 67.4 Å². The quantitative estimate of drug-likeness (QED) is 0.372. The summed E-state index contributed by atoms with van der Waals surface area (Å²) in [6.07, 6.45) is 3.40. The number of carbonyl (C=O) groups is 2. The second-order valence-corrected chi connectivity index (χ2v) is 9.00. The van der Waals surface area contributed by atoms with Crippen LogP contribution in [0.15, 0.2) is 54.7 Å². The van der Waals surface area contributed by atoms with E-state index in [0.717, 1.165) is 27.8 Å². The minimum atomic E-state index is -0.181. The highest BCUT2D eigenvalue weighted by molar-refractivity contribution is 5.86. The molecule has 0 spiro atoms. The number of H-pyrrole nitrogens is 1. The molecular weight excluding hydrogens is 442 g/mol. The molecule has 7 nitrogen and oxygen atoms in total. The predicted molar refractivity (Wildman–Crippen MR) is 138 cm³/mol. The van der Waals surface area contributed by atoms with Crippen LogP contribution in [0, 0.1) is 5.92 Å². The van der Waals surface area contributed by atoms with E-state index in [2.05, 4.69) is 11.1 Å². The van der Waals surface area contributed by atoms with Crippen LogP contribution in [0.25, 0.3) is 10.9 Å². The van der Waals surface area contributed by atoms with Crippen molar-refractivity contribution in [1.82, 2.24) is 14.8 Å². The maximum Gasteiger partial charge on any atom is 0.242 e. The van der Waals surface area contributed by atoms with E-state index >= 15 is 0 Å². The lowest BCUT2D eigenvalue weighted by Crippen LogP contribution is -2.45. The molecule has 1 aromatic heterocycles. The molecule has 7 heteroatoms. The van der Waals surface area contributed by atoms with Gasteiger partial charge in [0.25, 0.3) is 0 Å². The number of aromatic amines is 1. The second kappa shape index (κ2) is 13.0. The van der Waals surface area contributed by atoms with Gasteiger partial charge in [-0.25, -0.2) is 0 Å². The summed E-state index contributed by atoms with van der Waals surface area (Å²) >= 11 is 0. The van der Waals surface area contributed by atoms with Crippen LogP contribution >= 0.6 is 0 Å². The second-order valence-electron chi connectivity index (χ2n) is 9.00. The van der Waals surface area contributed by atoms with Crippen LogP contribution < -0.4 is 4.74 Å². The third-order valence-electron chi connectivity index (χ3n) is 6.14. The largest absolute Gasteiger partial charge is 0.496 e. The molecule has 0 aliphatic rings. The minimum Gasteiger partial charge on any atom is -0.496 e. The highest BCUT2D eigenvalue weighted by atomic mass is 16.5. The molecule has 2 aromatic carbocycles. The Morgan fingerprint density at radius 2 is 1.69 bits per heavy atom. The summed E-state index contributed by atoms with van der Waals surface area (Å²) < 4.78 is 10.7. The summed E-state index contributed by atoms with van der Waals surface area (Å²) in [5.41, 5.74) is 3.17. The lowest BCUT2D eigenvalue weighted by molar-refractivity contribution is -0.142. The zero-order valence-electron chi connectivity index (χ0n) is 21.3. The summed E-state index contributed by atoms with van der Waals surface area (Å²) in [4.78, 5) is 33.2. The molecule has 0 aliphatic carbocycles. The fourth-order valence-electron chi connectivity index (χ4n) is 4.22. The Labute approximate surface area is 208 Å². The van der Waals surface area contributed by atoms with E-state index in [1.165, 1.54) is 0 Å². The molecule has 0 unspecified atom stereocenters. The van der Waals surface area contributed by atoms with Gasteiger partial charge in [-0.15, -0.1) is 0 Å². The molecule has 0 fully saturated rings. The molecule has 0 aliphatic heterocycles. The average Bonchev–Trinajstić information content (AvgIpc) is 3.28. The van der Waals surface area contributed by atoms with Gasteiger partial charge in [0.2, 0.25) is 11.8 Å². The van der Waals surface area contributed by atoms with Gasteiger partial charge in [0.1, 0.15) is 5.75 Å². The van der Waals surface area contributed by atoms with Gasteiger partial charge in [0, 0.05) is 61.9 Å². The van der Waals surface area contributed by atoms with Crippen LogP contribution in [0.5, 0.6) is 5.75 Å². The normalized spacial score (nSPS) is 11.1. The monoisotopic (exact) mass is 479 g/mol. The van der Waals surface area contributed by atoms with Gasteiger partial charge in [0.15, 0.2) is 0 Å². The first-order valence-corrected chi connectivity index (χ1v) is 12.2. The molecule has 35 heavy (non-hydrogen) atoms. The van der Waals surface area contributed by atoms with Crippen molar-refractivity contribution in [3.8, 4) is 5.75 Å². The van der Waals surface area contributed by atoms with Crippen molar-refractivity contribution in [1.29, 1.82) is 0 Å². The number of amides is 2. The number of fused-ring (bicyclic) bond motifs is 1. The molecule has 1 N–H and O–H groups in total. The number of benzene rings is 2. The average molecular weight is 480 g/mol. The smallest absolute Gasteiger partial charge is 0.242 e. The van der Waals surface area contributed by atoms with Crippen molar-refractivity contribution in [2.24, 2.45) is 5.92 Å². The van der Waals surface area contributed by atoms with Gasteiger partial charge < -0.3 is 24.3 Å². The zero-order chi connectivity index (χ0) is 25.2. The molecule has 0 saturated heterocycles. The third-order valence-corrected chi connectivity index (χ3v) is 6.14. The van der Waals surface area contributed by atoms with E-state index in [9.17, 15) is 9.59 Å². The van der Waals surface area contributed by atoms with Gasteiger partial charge in [-0.1, -0.05) is 50.2 Å². The summed E-state index contributed by atoms with van der Waals surface area (Å²) in [7, 11) is 3.27. The van der Waals surface area contributed by atoms with E-state index in [4.69, 9.17) is 9.47 Å². The number of ether oxygens (including phenoxy) is 2. The number of nitrogens with one attached hydrogen (secondary N) is 1. The number of aromatic nitrogens is 1. The van der Waals surface area contributed by atoms with Crippen LogP contribution in [0.2, 0.25) is 0 Å². The van der Waals surface area contributed by atoms with Gasteiger partial charge >= 0.3 is 0 Å². The Bertz CT molecular complexity index is 1110. The number of hydrogen-bond donors (Lipinski definition) is 1. The maximum atomic E-state index is 13.6. The highest BCUT2D eigenvalue weighted by Gasteiger charge is 2.24. The van der Waals surface area contributed by atoms with Crippen LogP contribution in [0.4, 0.5) is 0 Å². The third kappa shape index (κ3) is 7.09. The molecule has 188 valence electrons. The first kappa shape index (κ1) is 26.3. The molecule has 3 aromatic rings. The number of para-hydroxylation sites is 2. The maximum absolute atomic E-state index is 13.6. The zero-order valence-corrected chi connectivity index (χ0v) is 21.3. The lowest BCUT2D eigenvalue weighted by atomic mass is 10.1. The SMILES string of the molecule is COCCCN(CC(=O)N(CCc1c[nH]c2ccccc12)Cc1ccccc1OC)C(=O)C(C)C. The van der Waals surface area contributed by atoms with E-state index in [-0.39, 0.29) is 24.3 Å². The van der Waals surface area contributed by atoms with Crippen LogP contribution in [0.1, 0.15) is 31.4 Å². The Morgan fingerprint density at radius 3 is 2.43 bits per heavy atom. The minimum absolute atomic E-state index is 0.0247. The predicted octanol–water partition coefficient (Wildman–Crippen LogP) is 4.27. The Morgan fingerprint density at radius 1 is 0.943 bits per heavy atom. The number of carbonyl (C=O) groups excluding carboxylic acids is 2. The Balaban J connectivity index is 1.81. The van der Waals surface area contributed by atoms with Crippen molar-refractivity contribution in [2.45, 2.75) is 33.2 Å². The highest BCUT2D eigenvalue weighted by Crippen LogP contribution is 2.22. The molecule has 3 rings (SSSR count). The first-order chi connectivity index (χ1) is 16.9. The Hall–Kier alpha value is -3.32.